The lowest BCUT2D eigenvalue weighted by Crippen LogP contribution is -2.39. The lowest BCUT2D eigenvalue weighted by Gasteiger charge is -2.27. The van der Waals surface area contributed by atoms with Crippen LogP contribution in [0.2, 0.25) is 0 Å². The zero-order chi connectivity index (χ0) is 13.5. The van der Waals surface area contributed by atoms with Crippen LogP contribution in [0, 0.1) is 5.92 Å². The summed E-state index contributed by atoms with van der Waals surface area (Å²) >= 11 is 0. The van der Waals surface area contributed by atoms with Crippen molar-refractivity contribution in [3.63, 3.8) is 0 Å². The Hall–Kier alpha value is -1.35. The predicted molar refractivity (Wildman–Crippen MR) is 73.2 cm³/mol. The Morgan fingerprint density at radius 2 is 1.89 bits per heavy atom. The summed E-state index contributed by atoms with van der Waals surface area (Å²) < 4.78 is 4.89. The number of hydrogen-bond acceptors (Lipinski definition) is 3. The Kier molecular flexibility index (Phi) is 5.86. The number of nitrogens with zero attached hydrogens (tertiary/aromatic N) is 1. The van der Waals surface area contributed by atoms with Gasteiger partial charge in [-0.15, -0.1) is 0 Å². The number of ether oxygens (including phenoxy) is 1. The van der Waals surface area contributed by atoms with Gasteiger partial charge in [0, 0.05) is 6.54 Å². The Morgan fingerprint density at radius 3 is 2.39 bits per heavy atom. The molecule has 0 aliphatic heterocycles. The molecule has 1 aromatic rings. The fourth-order valence-corrected chi connectivity index (χ4v) is 2.02. The van der Waals surface area contributed by atoms with Crippen molar-refractivity contribution in [1.82, 2.24) is 4.90 Å². The molecule has 18 heavy (non-hydrogen) atoms. The van der Waals surface area contributed by atoms with Crippen molar-refractivity contribution in [1.29, 1.82) is 0 Å². The molecule has 3 heteroatoms. The molecule has 0 saturated carbocycles. The Balaban J connectivity index is 2.70. The van der Waals surface area contributed by atoms with E-state index in [4.69, 9.17) is 4.74 Å². The Morgan fingerprint density at radius 1 is 1.28 bits per heavy atom. The second kappa shape index (κ2) is 7.17. The van der Waals surface area contributed by atoms with Crippen molar-refractivity contribution >= 4 is 5.97 Å². The molecule has 1 unspecified atom stereocenters. The number of carbonyl (C=O) groups is 1. The zero-order valence-corrected chi connectivity index (χ0v) is 11.7. The van der Waals surface area contributed by atoms with Crippen LogP contribution in [0.5, 0.6) is 0 Å². The van der Waals surface area contributed by atoms with Crippen molar-refractivity contribution in [2.75, 3.05) is 14.2 Å². The third kappa shape index (κ3) is 4.49. The van der Waals surface area contributed by atoms with E-state index in [0.29, 0.717) is 5.92 Å². The molecule has 0 radical (unpaired) electrons. The highest BCUT2D eigenvalue weighted by atomic mass is 16.5. The summed E-state index contributed by atoms with van der Waals surface area (Å²) in [5.41, 5.74) is 1.21. The minimum Gasteiger partial charge on any atom is -0.468 e. The standard InChI is InChI=1S/C15H23NO2/c1-12(2)10-14(15(17)18-4)16(3)11-13-8-6-5-7-9-13/h5-9,12,14H,10-11H2,1-4H3. The maximum absolute atomic E-state index is 11.8. The summed E-state index contributed by atoms with van der Waals surface area (Å²) in [4.78, 5) is 13.9. The first kappa shape index (κ1) is 14.7. The molecule has 0 aliphatic carbocycles. The maximum Gasteiger partial charge on any atom is 0.323 e. The Bertz CT molecular complexity index is 362. The minimum atomic E-state index is -0.171. The fraction of sp³-hybridized carbons (Fsp3) is 0.533. The third-order valence-electron chi connectivity index (χ3n) is 2.97. The minimum absolute atomic E-state index is 0.151. The van der Waals surface area contributed by atoms with Crippen molar-refractivity contribution in [2.24, 2.45) is 5.92 Å². The number of rotatable bonds is 6. The van der Waals surface area contributed by atoms with Gasteiger partial charge in [0.1, 0.15) is 6.04 Å². The average molecular weight is 249 g/mol. The van der Waals surface area contributed by atoms with E-state index in [1.807, 2.05) is 25.2 Å². The van der Waals surface area contributed by atoms with Gasteiger partial charge in [-0.25, -0.2) is 0 Å². The molecule has 100 valence electrons. The van der Waals surface area contributed by atoms with Crippen molar-refractivity contribution in [2.45, 2.75) is 32.9 Å². The van der Waals surface area contributed by atoms with Gasteiger partial charge < -0.3 is 4.74 Å². The van der Waals surface area contributed by atoms with Crippen LogP contribution in [-0.4, -0.2) is 31.1 Å². The first-order valence-electron chi connectivity index (χ1n) is 6.36. The van der Waals surface area contributed by atoms with Crippen LogP contribution in [0.3, 0.4) is 0 Å². The van der Waals surface area contributed by atoms with Gasteiger partial charge in [0.15, 0.2) is 0 Å². The highest BCUT2D eigenvalue weighted by molar-refractivity contribution is 5.75. The monoisotopic (exact) mass is 249 g/mol. The smallest absolute Gasteiger partial charge is 0.323 e. The largest absolute Gasteiger partial charge is 0.468 e. The van der Waals surface area contributed by atoms with Gasteiger partial charge in [-0.3, -0.25) is 9.69 Å². The van der Waals surface area contributed by atoms with Gasteiger partial charge in [-0.2, -0.15) is 0 Å². The number of esters is 1. The van der Waals surface area contributed by atoms with Gasteiger partial charge in [-0.05, 0) is 24.9 Å². The van der Waals surface area contributed by atoms with Crippen LogP contribution >= 0.6 is 0 Å². The predicted octanol–water partition coefficient (Wildman–Crippen LogP) is 2.71. The molecule has 0 bridgehead atoms. The van der Waals surface area contributed by atoms with E-state index in [2.05, 4.69) is 30.9 Å². The van der Waals surface area contributed by atoms with Crippen LogP contribution in [0.1, 0.15) is 25.8 Å². The lowest BCUT2D eigenvalue weighted by molar-refractivity contribution is -0.147. The summed E-state index contributed by atoms with van der Waals surface area (Å²) in [7, 11) is 3.42. The maximum atomic E-state index is 11.8. The van der Waals surface area contributed by atoms with Crippen molar-refractivity contribution in [3.8, 4) is 0 Å². The zero-order valence-electron chi connectivity index (χ0n) is 11.7. The Labute approximate surface area is 110 Å². The van der Waals surface area contributed by atoms with Crippen LogP contribution in [0.15, 0.2) is 30.3 Å². The molecular formula is C15H23NO2. The molecule has 0 spiro atoms. The summed E-state index contributed by atoms with van der Waals surface area (Å²) in [6.45, 7) is 4.99. The van der Waals surface area contributed by atoms with Gasteiger partial charge in [0.2, 0.25) is 0 Å². The number of methoxy groups -OCH3 is 1. The second-order valence-corrected chi connectivity index (χ2v) is 5.07. The fourth-order valence-electron chi connectivity index (χ4n) is 2.02. The highest BCUT2D eigenvalue weighted by Gasteiger charge is 2.24. The normalized spacial score (nSPS) is 12.8. The van der Waals surface area contributed by atoms with Crippen molar-refractivity contribution in [3.05, 3.63) is 35.9 Å². The molecular weight excluding hydrogens is 226 g/mol. The molecule has 1 aromatic carbocycles. The van der Waals surface area contributed by atoms with E-state index in [1.54, 1.807) is 0 Å². The number of hydrogen-bond donors (Lipinski definition) is 0. The number of likely N-dealkylation sites (N-methyl/N-ethyl adjacent to an activating group) is 1. The van der Waals surface area contributed by atoms with E-state index < -0.39 is 0 Å². The highest BCUT2D eigenvalue weighted by Crippen LogP contribution is 2.14. The van der Waals surface area contributed by atoms with Crippen LogP contribution < -0.4 is 0 Å². The quantitative estimate of drug-likeness (QED) is 0.726. The lowest BCUT2D eigenvalue weighted by atomic mass is 10.0. The van der Waals surface area contributed by atoms with Crippen LogP contribution in [0.4, 0.5) is 0 Å². The van der Waals surface area contributed by atoms with Gasteiger partial charge >= 0.3 is 5.97 Å². The second-order valence-electron chi connectivity index (χ2n) is 5.07. The summed E-state index contributed by atoms with van der Waals surface area (Å²) in [6.07, 6.45) is 0.815. The van der Waals surface area contributed by atoms with E-state index in [1.165, 1.54) is 12.7 Å². The molecule has 0 saturated heterocycles. The van der Waals surface area contributed by atoms with Gasteiger partial charge in [-0.1, -0.05) is 44.2 Å². The van der Waals surface area contributed by atoms with Crippen LogP contribution in [0.25, 0.3) is 0 Å². The molecule has 0 fully saturated rings. The molecule has 0 amide bonds. The molecule has 0 aromatic heterocycles. The summed E-state index contributed by atoms with van der Waals surface area (Å²) in [6, 6.07) is 9.99. The van der Waals surface area contributed by atoms with E-state index in [9.17, 15) is 4.79 Å². The molecule has 0 heterocycles. The molecule has 0 N–H and O–H groups in total. The summed E-state index contributed by atoms with van der Waals surface area (Å²) in [5, 5.41) is 0. The SMILES string of the molecule is COC(=O)C(CC(C)C)N(C)Cc1ccccc1. The summed E-state index contributed by atoms with van der Waals surface area (Å²) in [5.74, 6) is 0.314. The topological polar surface area (TPSA) is 29.5 Å². The number of carbonyl (C=O) groups excluding carboxylic acids is 1. The van der Waals surface area contributed by atoms with Gasteiger partial charge in [0.05, 0.1) is 7.11 Å². The van der Waals surface area contributed by atoms with Crippen LogP contribution in [-0.2, 0) is 16.1 Å². The first-order valence-corrected chi connectivity index (χ1v) is 6.36. The van der Waals surface area contributed by atoms with E-state index >= 15 is 0 Å². The number of benzene rings is 1. The molecule has 1 atom stereocenters. The first-order chi connectivity index (χ1) is 8.54. The van der Waals surface area contributed by atoms with E-state index in [0.717, 1.165) is 13.0 Å². The van der Waals surface area contributed by atoms with Crippen molar-refractivity contribution < 1.29 is 9.53 Å². The molecule has 3 nitrogen and oxygen atoms in total. The van der Waals surface area contributed by atoms with Gasteiger partial charge in [0.25, 0.3) is 0 Å². The third-order valence-corrected chi connectivity index (χ3v) is 2.97. The average Bonchev–Trinajstić information content (AvgIpc) is 2.36. The molecule has 0 aliphatic rings. The molecule has 1 rings (SSSR count). The van der Waals surface area contributed by atoms with E-state index in [-0.39, 0.29) is 12.0 Å².